The molecule has 100 valence electrons. The second kappa shape index (κ2) is 6.05. The number of benzene rings is 1. The lowest BCUT2D eigenvalue weighted by Gasteiger charge is -2.23. The highest BCUT2D eigenvalue weighted by Crippen LogP contribution is 2.31. The highest BCUT2D eigenvalue weighted by molar-refractivity contribution is 5.42. The number of ether oxygens (including phenoxy) is 2. The summed E-state index contributed by atoms with van der Waals surface area (Å²) in [4.78, 5) is 0. The number of piperidine rings is 1. The van der Waals surface area contributed by atoms with Gasteiger partial charge in [-0.15, -0.1) is 0 Å². The Hall–Kier alpha value is -1.29. The maximum absolute atomic E-state index is 14.1. The van der Waals surface area contributed by atoms with Crippen LogP contribution in [0.15, 0.2) is 12.1 Å². The summed E-state index contributed by atoms with van der Waals surface area (Å²) in [5, 5.41) is 3.32. The first-order valence-corrected chi connectivity index (χ1v) is 6.35. The number of methoxy groups -OCH3 is 2. The molecule has 4 heteroatoms. The van der Waals surface area contributed by atoms with Crippen molar-refractivity contribution in [1.29, 1.82) is 0 Å². The van der Waals surface area contributed by atoms with Crippen molar-refractivity contribution >= 4 is 0 Å². The molecule has 1 saturated heterocycles. The first-order chi connectivity index (χ1) is 8.74. The van der Waals surface area contributed by atoms with E-state index in [1.54, 1.807) is 13.2 Å². The van der Waals surface area contributed by atoms with Gasteiger partial charge in [-0.3, -0.25) is 0 Å². The third kappa shape index (κ3) is 2.93. The van der Waals surface area contributed by atoms with Gasteiger partial charge in [0.05, 0.1) is 14.2 Å². The molecule has 1 aliphatic rings. The molecular formula is C14H20FNO2. The Morgan fingerprint density at radius 2 is 1.94 bits per heavy atom. The van der Waals surface area contributed by atoms with Crippen LogP contribution in [0, 0.1) is 11.7 Å². The monoisotopic (exact) mass is 253 g/mol. The molecule has 1 N–H and O–H groups in total. The average molecular weight is 253 g/mol. The van der Waals surface area contributed by atoms with E-state index in [9.17, 15) is 4.39 Å². The molecule has 3 nitrogen and oxygen atoms in total. The molecule has 0 aromatic heterocycles. The van der Waals surface area contributed by atoms with Crippen molar-refractivity contribution in [1.82, 2.24) is 5.32 Å². The van der Waals surface area contributed by atoms with Gasteiger partial charge >= 0.3 is 0 Å². The lowest BCUT2D eigenvalue weighted by molar-refractivity contribution is 0.350. The predicted octanol–water partition coefficient (Wildman–Crippen LogP) is 2.39. The number of halogens is 1. The molecule has 2 rings (SSSR count). The van der Waals surface area contributed by atoms with Crippen LogP contribution < -0.4 is 14.8 Å². The van der Waals surface area contributed by atoms with Gasteiger partial charge < -0.3 is 14.8 Å². The molecule has 0 atom stereocenters. The maximum Gasteiger partial charge on any atom is 0.133 e. The van der Waals surface area contributed by atoms with Crippen molar-refractivity contribution in [2.24, 2.45) is 5.92 Å². The first-order valence-electron chi connectivity index (χ1n) is 6.35. The van der Waals surface area contributed by atoms with E-state index in [4.69, 9.17) is 9.47 Å². The normalized spacial score (nSPS) is 16.6. The standard InChI is InChI=1S/C14H20FNO2/c1-17-11-8-13(15)12(14(9-11)18-2)7-10-3-5-16-6-4-10/h8-10,16H,3-7H2,1-2H3. The summed E-state index contributed by atoms with van der Waals surface area (Å²) < 4.78 is 24.4. The van der Waals surface area contributed by atoms with E-state index in [1.807, 2.05) is 0 Å². The molecule has 0 amide bonds. The summed E-state index contributed by atoms with van der Waals surface area (Å²) in [6, 6.07) is 3.18. The Kier molecular flexibility index (Phi) is 4.42. The van der Waals surface area contributed by atoms with Crippen LogP contribution in [0.5, 0.6) is 11.5 Å². The second-order valence-corrected chi connectivity index (χ2v) is 4.69. The average Bonchev–Trinajstić information content (AvgIpc) is 2.42. The number of nitrogens with one attached hydrogen (secondary N) is 1. The molecule has 0 bridgehead atoms. The molecule has 1 heterocycles. The summed E-state index contributed by atoms with van der Waals surface area (Å²) in [6.07, 6.45) is 2.92. The minimum atomic E-state index is -0.232. The Bertz CT molecular complexity index is 403. The zero-order valence-corrected chi connectivity index (χ0v) is 11.0. The quantitative estimate of drug-likeness (QED) is 0.893. The molecule has 0 unspecified atom stereocenters. The van der Waals surface area contributed by atoms with Crippen LogP contribution in [0.1, 0.15) is 18.4 Å². The molecular weight excluding hydrogens is 233 g/mol. The molecule has 1 aromatic rings. The Morgan fingerprint density at radius 1 is 1.22 bits per heavy atom. The summed E-state index contributed by atoms with van der Waals surface area (Å²) in [7, 11) is 3.10. The summed E-state index contributed by atoms with van der Waals surface area (Å²) >= 11 is 0. The van der Waals surface area contributed by atoms with E-state index < -0.39 is 0 Å². The fourth-order valence-electron chi connectivity index (χ4n) is 2.46. The van der Waals surface area contributed by atoms with Crippen LogP contribution in [0.4, 0.5) is 4.39 Å². The molecule has 1 aliphatic heterocycles. The summed E-state index contributed by atoms with van der Waals surface area (Å²) in [6.45, 7) is 2.04. The lowest BCUT2D eigenvalue weighted by Crippen LogP contribution is -2.28. The fourth-order valence-corrected chi connectivity index (χ4v) is 2.46. The van der Waals surface area contributed by atoms with Gasteiger partial charge in [0.25, 0.3) is 0 Å². The Morgan fingerprint density at radius 3 is 2.56 bits per heavy atom. The van der Waals surface area contributed by atoms with E-state index in [2.05, 4.69) is 5.32 Å². The molecule has 0 aliphatic carbocycles. The molecule has 1 aromatic carbocycles. The van der Waals surface area contributed by atoms with Crippen LogP contribution in [0.2, 0.25) is 0 Å². The Labute approximate surface area is 107 Å². The van der Waals surface area contributed by atoms with Gasteiger partial charge in [-0.1, -0.05) is 0 Å². The van der Waals surface area contributed by atoms with E-state index in [0.717, 1.165) is 32.4 Å². The number of hydrogen-bond acceptors (Lipinski definition) is 3. The van der Waals surface area contributed by atoms with Crippen LogP contribution in [0.25, 0.3) is 0 Å². The molecule has 0 radical (unpaired) electrons. The van der Waals surface area contributed by atoms with Crippen molar-refractivity contribution in [3.05, 3.63) is 23.5 Å². The zero-order valence-electron chi connectivity index (χ0n) is 11.0. The van der Waals surface area contributed by atoms with Gasteiger partial charge in [0.2, 0.25) is 0 Å². The largest absolute Gasteiger partial charge is 0.497 e. The van der Waals surface area contributed by atoms with Gasteiger partial charge in [-0.05, 0) is 38.3 Å². The van der Waals surface area contributed by atoms with Crippen LogP contribution in [-0.4, -0.2) is 27.3 Å². The van der Waals surface area contributed by atoms with E-state index in [1.165, 1.54) is 13.2 Å². The van der Waals surface area contributed by atoms with Crippen molar-refractivity contribution < 1.29 is 13.9 Å². The van der Waals surface area contributed by atoms with Gasteiger partial charge in [-0.2, -0.15) is 0 Å². The van der Waals surface area contributed by atoms with Gasteiger partial charge in [0.1, 0.15) is 17.3 Å². The molecule has 18 heavy (non-hydrogen) atoms. The minimum absolute atomic E-state index is 0.232. The smallest absolute Gasteiger partial charge is 0.133 e. The van der Waals surface area contributed by atoms with Crippen molar-refractivity contribution in [2.45, 2.75) is 19.3 Å². The van der Waals surface area contributed by atoms with E-state index in [-0.39, 0.29) is 5.82 Å². The first kappa shape index (κ1) is 13.1. The summed E-state index contributed by atoms with van der Waals surface area (Å²) in [5.74, 6) is 1.39. The predicted molar refractivity (Wildman–Crippen MR) is 68.8 cm³/mol. The van der Waals surface area contributed by atoms with Gasteiger partial charge in [-0.25, -0.2) is 4.39 Å². The van der Waals surface area contributed by atoms with Gasteiger partial charge in [0.15, 0.2) is 0 Å². The third-order valence-corrected chi connectivity index (χ3v) is 3.54. The SMILES string of the molecule is COc1cc(F)c(CC2CCNCC2)c(OC)c1. The van der Waals surface area contributed by atoms with E-state index >= 15 is 0 Å². The highest BCUT2D eigenvalue weighted by atomic mass is 19.1. The lowest BCUT2D eigenvalue weighted by atomic mass is 9.90. The molecule has 0 saturated carbocycles. The topological polar surface area (TPSA) is 30.5 Å². The van der Waals surface area contributed by atoms with Crippen molar-refractivity contribution in [3.63, 3.8) is 0 Å². The zero-order chi connectivity index (χ0) is 13.0. The van der Waals surface area contributed by atoms with Crippen LogP contribution in [0.3, 0.4) is 0 Å². The van der Waals surface area contributed by atoms with Crippen molar-refractivity contribution in [3.8, 4) is 11.5 Å². The highest BCUT2D eigenvalue weighted by Gasteiger charge is 2.19. The van der Waals surface area contributed by atoms with Gasteiger partial charge in [0, 0.05) is 17.7 Å². The van der Waals surface area contributed by atoms with E-state index in [0.29, 0.717) is 23.0 Å². The Balaban J connectivity index is 2.19. The minimum Gasteiger partial charge on any atom is -0.497 e. The van der Waals surface area contributed by atoms with Crippen molar-refractivity contribution in [2.75, 3.05) is 27.3 Å². The number of hydrogen-bond donors (Lipinski definition) is 1. The summed E-state index contributed by atoms with van der Waals surface area (Å²) in [5.41, 5.74) is 0.671. The number of rotatable bonds is 4. The fraction of sp³-hybridized carbons (Fsp3) is 0.571. The van der Waals surface area contributed by atoms with Crippen LogP contribution in [-0.2, 0) is 6.42 Å². The maximum atomic E-state index is 14.1. The molecule has 0 spiro atoms. The molecule has 1 fully saturated rings. The second-order valence-electron chi connectivity index (χ2n) is 4.69. The van der Waals surface area contributed by atoms with Crippen LogP contribution >= 0.6 is 0 Å². The third-order valence-electron chi connectivity index (χ3n) is 3.54.